The molecule has 8 nitrogen and oxygen atoms in total. The third-order valence-corrected chi connectivity index (χ3v) is 7.13. The average Bonchev–Trinajstić information content (AvgIpc) is 3.12. The predicted molar refractivity (Wildman–Crippen MR) is 124 cm³/mol. The summed E-state index contributed by atoms with van der Waals surface area (Å²) in [6.45, 7) is 4.25. The van der Waals surface area contributed by atoms with Crippen LogP contribution in [0, 0.1) is 5.92 Å². The van der Waals surface area contributed by atoms with Crippen molar-refractivity contribution in [2.24, 2.45) is 5.92 Å². The van der Waals surface area contributed by atoms with Crippen LogP contribution in [0.25, 0.3) is 0 Å². The first-order chi connectivity index (χ1) is 15.6. The van der Waals surface area contributed by atoms with Crippen LogP contribution in [0.2, 0.25) is 0 Å². The Morgan fingerprint density at radius 1 is 1.03 bits per heavy atom. The lowest BCUT2D eigenvalue weighted by Gasteiger charge is -2.33. The summed E-state index contributed by atoms with van der Waals surface area (Å²) in [4.78, 5) is 29.7. The van der Waals surface area contributed by atoms with Crippen LogP contribution < -0.4 is 10.1 Å². The highest BCUT2D eigenvalue weighted by Crippen LogP contribution is 2.24. The summed E-state index contributed by atoms with van der Waals surface area (Å²) in [5.41, 5.74) is 0.684. The molecule has 2 aliphatic heterocycles. The molecule has 0 radical (unpaired) electrons. The second-order valence-electron chi connectivity index (χ2n) is 8.47. The average molecular weight is 458 g/mol. The summed E-state index contributed by atoms with van der Waals surface area (Å²) < 4.78 is 5.13. The highest BCUT2D eigenvalue weighted by Gasteiger charge is 2.29. The van der Waals surface area contributed by atoms with Crippen molar-refractivity contribution in [3.8, 4) is 5.75 Å². The largest absolute Gasteiger partial charge is 0.497 e. The zero-order valence-corrected chi connectivity index (χ0v) is 19.4. The number of aromatic nitrogens is 2. The number of ether oxygens (including phenoxy) is 1. The van der Waals surface area contributed by atoms with Crippen molar-refractivity contribution in [3.63, 3.8) is 0 Å². The molecule has 0 bridgehead atoms. The Morgan fingerprint density at radius 3 is 2.38 bits per heavy atom. The molecule has 1 N–H and O–H groups in total. The SMILES string of the molecule is COc1ccc(NC(=O)c2nnc(CN3CCC(C(=O)N4CCCCCC4)CC3)s2)cc1. The van der Waals surface area contributed by atoms with E-state index in [0.29, 0.717) is 23.1 Å². The van der Waals surface area contributed by atoms with Crippen molar-refractivity contribution in [3.05, 3.63) is 34.3 Å². The Hall–Kier alpha value is -2.52. The third-order valence-electron chi connectivity index (χ3n) is 6.22. The van der Waals surface area contributed by atoms with E-state index >= 15 is 0 Å². The van der Waals surface area contributed by atoms with Crippen LogP contribution in [-0.4, -0.2) is 65.1 Å². The van der Waals surface area contributed by atoms with Crippen molar-refractivity contribution < 1.29 is 14.3 Å². The van der Waals surface area contributed by atoms with E-state index in [9.17, 15) is 9.59 Å². The van der Waals surface area contributed by atoms with E-state index in [1.54, 1.807) is 31.4 Å². The minimum Gasteiger partial charge on any atom is -0.497 e. The van der Waals surface area contributed by atoms with Gasteiger partial charge in [0.15, 0.2) is 0 Å². The van der Waals surface area contributed by atoms with Gasteiger partial charge in [0.2, 0.25) is 10.9 Å². The number of nitrogens with zero attached hydrogens (tertiary/aromatic N) is 4. The molecule has 2 saturated heterocycles. The molecule has 1 aromatic carbocycles. The van der Waals surface area contributed by atoms with E-state index in [1.165, 1.54) is 24.2 Å². The summed E-state index contributed by atoms with van der Waals surface area (Å²) in [7, 11) is 1.60. The predicted octanol–water partition coefficient (Wildman–Crippen LogP) is 3.41. The van der Waals surface area contributed by atoms with Gasteiger partial charge >= 0.3 is 0 Å². The Balaban J connectivity index is 1.25. The molecule has 4 rings (SSSR count). The topological polar surface area (TPSA) is 87.7 Å². The minimum absolute atomic E-state index is 0.143. The number of hydrogen-bond acceptors (Lipinski definition) is 7. The summed E-state index contributed by atoms with van der Waals surface area (Å²) >= 11 is 1.32. The van der Waals surface area contributed by atoms with E-state index in [1.807, 2.05) is 0 Å². The maximum atomic E-state index is 12.9. The van der Waals surface area contributed by atoms with Crippen molar-refractivity contribution in [2.45, 2.75) is 45.1 Å². The fraction of sp³-hybridized carbons (Fsp3) is 0.565. The second kappa shape index (κ2) is 10.9. The summed E-state index contributed by atoms with van der Waals surface area (Å²) in [5.74, 6) is 0.961. The number of benzene rings is 1. The smallest absolute Gasteiger partial charge is 0.286 e. The number of carbonyl (C=O) groups excluding carboxylic acids is 2. The van der Waals surface area contributed by atoms with Gasteiger partial charge in [-0.15, -0.1) is 10.2 Å². The molecule has 172 valence electrons. The first-order valence-corrected chi connectivity index (χ1v) is 12.2. The molecule has 2 aliphatic rings. The maximum Gasteiger partial charge on any atom is 0.286 e. The normalized spacial score (nSPS) is 18.2. The van der Waals surface area contributed by atoms with E-state index in [4.69, 9.17) is 4.74 Å². The van der Waals surface area contributed by atoms with Crippen molar-refractivity contribution >= 4 is 28.8 Å². The lowest BCUT2D eigenvalue weighted by Crippen LogP contribution is -2.42. The van der Waals surface area contributed by atoms with Crippen LogP contribution in [0.4, 0.5) is 5.69 Å². The monoisotopic (exact) mass is 457 g/mol. The highest BCUT2D eigenvalue weighted by molar-refractivity contribution is 7.13. The van der Waals surface area contributed by atoms with Crippen LogP contribution in [-0.2, 0) is 11.3 Å². The van der Waals surface area contributed by atoms with Crippen molar-refractivity contribution in [1.29, 1.82) is 0 Å². The minimum atomic E-state index is -0.263. The molecule has 0 atom stereocenters. The van der Waals surface area contributed by atoms with E-state index in [0.717, 1.165) is 62.6 Å². The van der Waals surface area contributed by atoms with Gasteiger partial charge in [-0.1, -0.05) is 24.2 Å². The van der Waals surface area contributed by atoms with Gasteiger partial charge in [-0.2, -0.15) is 0 Å². The van der Waals surface area contributed by atoms with Crippen molar-refractivity contribution in [2.75, 3.05) is 38.6 Å². The Morgan fingerprint density at radius 2 is 1.72 bits per heavy atom. The Labute approximate surface area is 193 Å². The number of nitrogens with one attached hydrogen (secondary N) is 1. The van der Waals surface area contributed by atoms with Crippen LogP contribution in [0.5, 0.6) is 5.75 Å². The van der Waals surface area contributed by atoms with Gasteiger partial charge in [-0.3, -0.25) is 14.5 Å². The summed E-state index contributed by atoms with van der Waals surface area (Å²) in [6, 6.07) is 7.16. The molecule has 1 aromatic heterocycles. The van der Waals surface area contributed by atoms with Gasteiger partial charge < -0.3 is 15.0 Å². The Bertz CT molecular complexity index is 901. The molecule has 0 saturated carbocycles. The van der Waals surface area contributed by atoms with Crippen LogP contribution >= 0.6 is 11.3 Å². The molecule has 2 fully saturated rings. The number of methoxy groups -OCH3 is 1. The molecule has 3 heterocycles. The van der Waals surface area contributed by atoms with Crippen LogP contribution in [0.3, 0.4) is 0 Å². The quantitative estimate of drug-likeness (QED) is 0.715. The summed E-state index contributed by atoms with van der Waals surface area (Å²) in [6.07, 6.45) is 6.53. The number of piperidine rings is 1. The van der Waals surface area contributed by atoms with E-state index in [-0.39, 0.29) is 11.8 Å². The number of anilines is 1. The second-order valence-corrected chi connectivity index (χ2v) is 9.54. The van der Waals surface area contributed by atoms with E-state index < -0.39 is 0 Å². The number of likely N-dealkylation sites (tertiary alicyclic amines) is 2. The molecule has 0 spiro atoms. The molecular weight excluding hydrogens is 426 g/mol. The molecule has 2 amide bonds. The first-order valence-electron chi connectivity index (χ1n) is 11.4. The fourth-order valence-corrected chi connectivity index (χ4v) is 5.12. The lowest BCUT2D eigenvalue weighted by atomic mass is 9.95. The highest BCUT2D eigenvalue weighted by atomic mass is 32.1. The van der Waals surface area contributed by atoms with Gasteiger partial charge in [0, 0.05) is 24.7 Å². The molecule has 0 aliphatic carbocycles. The van der Waals surface area contributed by atoms with Gasteiger partial charge in [0.25, 0.3) is 5.91 Å². The van der Waals surface area contributed by atoms with Gasteiger partial charge in [-0.05, 0) is 63.0 Å². The van der Waals surface area contributed by atoms with Gasteiger partial charge in [0.05, 0.1) is 13.7 Å². The van der Waals surface area contributed by atoms with Crippen LogP contribution in [0.15, 0.2) is 24.3 Å². The zero-order valence-electron chi connectivity index (χ0n) is 18.6. The molecule has 2 aromatic rings. The molecule has 0 unspecified atom stereocenters. The zero-order chi connectivity index (χ0) is 22.3. The Kier molecular flexibility index (Phi) is 7.70. The first kappa shape index (κ1) is 22.7. The standard InChI is InChI=1S/C23H31N5O3S/c1-31-19-8-6-18(7-9-19)24-21(29)22-26-25-20(32-22)16-27-14-10-17(11-15-27)23(30)28-12-4-2-3-5-13-28/h6-9,17H,2-5,10-16H2,1H3,(H,24,29). The number of rotatable bonds is 6. The lowest BCUT2D eigenvalue weighted by molar-refractivity contribution is -0.137. The number of carbonyl (C=O) groups is 2. The third kappa shape index (κ3) is 5.83. The molecular formula is C23H31N5O3S. The number of hydrogen-bond donors (Lipinski definition) is 1. The van der Waals surface area contributed by atoms with Gasteiger partial charge in [0.1, 0.15) is 10.8 Å². The van der Waals surface area contributed by atoms with Crippen LogP contribution in [0.1, 0.15) is 53.3 Å². The van der Waals surface area contributed by atoms with Gasteiger partial charge in [-0.25, -0.2) is 0 Å². The van der Waals surface area contributed by atoms with Crippen molar-refractivity contribution in [1.82, 2.24) is 20.0 Å². The summed E-state index contributed by atoms with van der Waals surface area (Å²) in [5, 5.41) is 12.3. The molecule has 32 heavy (non-hydrogen) atoms. The maximum absolute atomic E-state index is 12.9. The number of amides is 2. The fourth-order valence-electron chi connectivity index (χ4n) is 4.35. The molecule has 9 heteroatoms. The van der Waals surface area contributed by atoms with E-state index in [2.05, 4.69) is 25.3 Å².